The van der Waals surface area contributed by atoms with E-state index in [0.717, 1.165) is 30.9 Å². The van der Waals surface area contributed by atoms with Gasteiger partial charge in [-0.05, 0) is 12.1 Å². The Kier molecular flexibility index (Phi) is 4.57. The van der Waals surface area contributed by atoms with Gasteiger partial charge in [0.2, 0.25) is 11.8 Å². The Morgan fingerprint density at radius 1 is 1.43 bits per heavy atom. The molecule has 0 saturated heterocycles. The van der Waals surface area contributed by atoms with Crippen molar-refractivity contribution in [2.24, 2.45) is 0 Å². The Morgan fingerprint density at radius 2 is 2.30 bits per heavy atom. The molecule has 2 aromatic rings. The zero-order chi connectivity index (χ0) is 16.2. The van der Waals surface area contributed by atoms with Crippen molar-refractivity contribution < 1.29 is 9.53 Å². The summed E-state index contributed by atoms with van der Waals surface area (Å²) in [6, 6.07) is 5.97. The van der Waals surface area contributed by atoms with E-state index in [4.69, 9.17) is 4.74 Å². The lowest BCUT2D eigenvalue weighted by Crippen LogP contribution is -2.39. The summed E-state index contributed by atoms with van der Waals surface area (Å²) in [6.07, 6.45) is 3.94. The average molecular weight is 315 g/mol. The summed E-state index contributed by atoms with van der Waals surface area (Å²) < 4.78 is 7.30. The zero-order valence-electron chi connectivity index (χ0n) is 13.4. The van der Waals surface area contributed by atoms with E-state index in [2.05, 4.69) is 20.3 Å². The van der Waals surface area contributed by atoms with E-state index in [1.54, 1.807) is 26.6 Å². The summed E-state index contributed by atoms with van der Waals surface area (Å²) in [4.78, 5) is 18.3. The maximum Gasteiger partial charge on any atom is 0.221 e. The summed E-state index contributed by atoms with van der Waals surface area (Å²) in [5, 5.41) is 7.06. The molecule has 23 heavy (non-hydrogen) atoms. The van der Waals surface area contributed by atoms with Gasteiger partial charge in [-0.25, -0.2) is 4.98 Å². The number of ether oxygens (including phenoxy) is 1. The number of amides is 1. The minimum atomic E-state index is 0.0252. The summed E-state index contributed by atoms with van der Waals surface area (Å²) in [6.45, 7) is 2.29. The van der Waals surface area contributed by atoms with Crippen LogP contribution in [0.15, 0.2) is 30.6 Å². The van der Waals surface area contributed by atoms with Crippen LogP contribution in [-0.4, -0.2) is 46.3 Å². The van der Waals surface area contributed by atoms with Gasteiger partial charge >= 0.3 is 0 Å². The molecule has 0 aromatic carbocycles. The summed E-state index contributed by atoms with van der Waals surface area (Å²) >= 11 is 0. The van der Waals surface area contributed by atoms with E-state index in [1.165, 1.54) is 0 Å². The number of carbonyl (C=O) groups excluding carboxylic acids is 1. The molecule has 0 saturated carbocycles. The maximum atomic E-state index is 11.8. The van der Waals surface area contributed by atoms with Crippen molar-refractivity contribution in [2.45, 2.75) is 25.6 Å². The molecular formula is C16H21N5O2. The first-order chi connectivity index (χ1) is 11.2. The van der Waals surface area contributed by atoms with Gasteiger partial charge in [0, 0.05) is 44.6 Å². The highest BCUT2D eigenvalue weighted by Crippen LogP contribution is 2.26. The Labute approximate surface area is 135 Å². The van der Waals surface area contributed by atoms with E-state index in [0.29, 0.717) is 12.3 Å². The van der Waals surface area contributed by atoms with Crippen LogP contribution in [0.3, 0.4) is 0 Å². The molecule has 122 valence electrons. The Morgan fingerprint density at radius 3 is 3.09 bits per heavy atom. The lowest BCUT2D eigenvalue weighted by Gasteiger charge is -2.33. The van der Waals surface area contributed by atoms with Crippen molar-refractivity contribution in [1.29, 1.82) is 0 Å². The second-order valence-corrected chi connectivity index (χ2v) is 5.64. The Bertz CT molecular complexity index is 685. The molecule has 0 fully saturated rings. The molecule has 3 heterocycles. The van der Waals surface area contributed by atoms with Gasteiger partial charge in [0.25, 0.3) is 0 Å². The smallest absolute Gasteiger partial charge is 0.221 e. The van der Waals surface area contributed by atoms with Crippen molar-refractivity contribution in [3.63, 3.8) is 0 Å². The molecule has 3 rings (SSSR count). The largest absolute Gasteiger partial charge is 0.481 e. The van der Waals surface area contributed by atoms with E-state index in [1.807, 2.05) is 22.9 Å². The van der Waals surface area contributed by atoms with E-state index in [9.17, 15) is 4.79 Å². The topological polar surface area (TPSA) is 72.3 Å². The maximum absolute atomic E-state index is 11.8. The number of carbonyl (C=O) groups is 1. The molecule has 1 aliphatic heterocycles. The highest BCUT2D eigenvalue weighted by atomic mass is 16.5. The first-order valence-electron chi connectivity index (χ1n) is 7.64. The van der Waals surface area contributed by atoms with Crippen LogP contribution in [0.4, 0.5) is 0 Å². The number of fused-ring (bicyclic) bond motifs is 1. The zero-order valence-corrected chi connectivity index (χ0v) is 13.4. The van der Waals surface area contributed by atoms with Crippen LogP contribution in [0.5, 0.6) is 5.88 Å². The molecule has 0 radical (unpaired) electrons. The number of rotatable bonds is 5. The molecule has 1 atom stereocenters. The number of nitrogens with zero attached hydrogens (tertiary/aromatic N) is 4. The molecule has 0 spiro atoms. The molecule has 0 bridgehead atoms. The fourth-order valence-corrected chi connectivity index (χ4v) is 3.02. The SMILES string of the molecule is CNC(=O)C[C@@H]1CN(Cc2cccnc2OC)Cc2ccnn21. The molecule has 0 aliphatic carbocycles. The van der Waals surface area contributed by atoms with Gasteiger partial charge in [-0.1, -0.05) is 6.07 Å². The molecule has 1 aliphatic rings. The van der Waals surface area contributed by atoms with E-state index >= 15 is 0 Å². The first kappa shape index (κ1) is 15.5. The number of aromatic nitrogens is 3. The molecular weight excluding hydrogens is 294 g/mol. The fourth-order valence-electron chi connectivity index (χ4n) is 3.02. The number of pyridine rings is 1. The van der Waals surface area contributed by atoms with Gasteiger partial charge in [-0.15, -0.1) is 0 Å². The molecule has 2 aromatic heterocycles. The summed E-state index contributed by atoms with van der Waals surface area (Å²) in [5.74, 6) is 0.673. The average Bonchev–Trinajstić information content (AvgIpc) is 3.04. The van der Waals surface area contributed by atoms with E-state index < -0.39 is 0 Å². The number of nitrogens with one attached hydrogen (secondary N) is 1. The van der Waals surface area contributed by atoms with Crippen molar-refractivity contribution in [3.8, 4) is 5.88 Å². The molecule has 1 N–H and O–H groups in total. The first-order valence-corrected chi connectivity index (χ1v) is 7.64. The monoisotopic (exact) mass is 315 g/mol. The normalized spacial score (nSPS) is 17.6. The van der Waals surface area contributed by atoms with Crippen LogP contribution in [0.2, 0.25) is 0 Å². The lowest BCUT2D eigenvalue weighted by atomic mass is 10.1. The number of hydrogen-bond donors (Lipinski definition) is 1. The minimum absolute atomic E-state index is 0.0252. The quantitative estimate of drug-likeness (QED) is 0.890. The standard InChI is InChI=1S/C16H21N5O2/c1-17-15(22)8-14-11-20(10-13-5-7-19-21(13)14)9-12-4-3-6-18-16(12)23-2/h3-7,14H,8-11H2,1-2H3,(H,17,22)/t14-/m1/s1. The van der Waals surface area contributed by atoms with Crippen LogP contribution in [-0.2, 0) is 17.9 Å². The fraction of sp³-hybridized carbons (Fsp3) is 0.438. The van der Waals surface area contributed by atoms with Crippen LogP contribution in [0.1, 0.15) is 23.7 Å². The van der Waals surface area contributed by atoms with Crippen molar-refractivity contribution in [3.05, 3.63) is 41.9 Å². The Hall–Kier alpha value is -2.41. The predicted octanol–water partition coefficient (Wildman–Crippen LogP) is 0.980. The Balaban J connectivity index is 1.78. The molecule has 0 unspecified atom stereocenters. The third-order valence-electron chi connectivity index (χ3n) is 4.09. The highest BCUT2D eigenvalue weighted by Gasteiger charge is 2.27. The second-order valence-electron chi connectivity index (χ2n) is 5.64. The third-order valence-corrected chi connectivity index (χ3v) is 4.09. The van der Waals surface area contributed by atoms with E-state index in [-0.39, 0.29) is 11.9 Å². The van der Waals surface area contributed by atoms with Gasteiger partial charge in [0.1, 0.15) is 0 Å². The van der Waals surface area contributed by atoms with Gasteiger partial charge in [0.15, 0.2) is 0 Å². The van der Waals surface area contributed by atoms with Crippen molar-refractivity contribution in [1.82, 2.24) is 25.0 Å². The summed E-state index contributed by atoms with van der Waals surface area (Å²) in [5.41, 5.74) is 2.16. The predicted molar refractivity (Wildman–Crippen MR) is 84.9 cm³/mol. The number of hydrogen-bond acceptors (Lipinski definition) is 5. The van der Waals surface area contributed by atoms with Crippen molar-refractivity contribution in [2.75, 3.05) is 20.7 Å². The van der Waals surface area contributed by atoms with Crippen molar-refractivity contribution >= 4 is 5.91 Å². The van der Waals surface area contributed by atoms with Crippen LogP contribution >= 0.6 is 0 Å². The highest BCUT2D eigenvalue weighted by molar-refractivity contribution is 5.76. The second kappa shape index (κ2) is 6.78. The molecule has 7 nitrogen and oxygen atoms in total. The minimum Gasteiger partial charge on any atom is -0.481 e. The number of methoxy groups -OCH3 is 1. The van der Waals surface area contributed by atoms with Crippen LogP contribution in [0.25, 0.3) is 0 Å². The lowest BCUT2D eigenvalue weighted by molar-refractivity contribution is -0.121. The van der Waals surface area contributed by atoms with Crippen LogP contribution < -0.4 is 10.1 Å². The molecule has 7 heteroatoms. The van der Waals surface area contributed by atoms with Gasteiger partial charge in [-0.3, -0.25) is 14.4 Å². The molecule has 1 amide bonds. The summed E-state index contributed by atoms with van der Waals surface area (Å²) in [7, 11) is 3.29. The van der Waals surface area contributed by atoms with Gasteiger partial charge in [-0.2, -0.15) is 5.10 Å². The van der Waals surface area contributed by atoms with Gasteiger partial charge < -0.3 is 10.1 Å². The van der Waals surface area contributed by atoms with Crippen LogP contribution in [0, 0.1) is 0 Å². The van der Waals surface area contributed by atoms with Gasteiger partial charge in [0.05, 0.1) is 25.3 Å². The third kappa shape index (κ3) is 3.34.